The van der Waals surface area contributed by atoms with Gasteiger partial charge in [0.2, 0.25) is 5.91 Å². The zero-order chi connectivity index (χ0) is 40.9. The molecule has 2 fully saturated rings. The molecule has 14 nitrogen and oxygen atoms in total. The molecule has 4 amide bonds. The number of benzene rings is 3. The number of aliphatic imine (C=N–C) groups is 1. The molecule has 2 atom stereocenters. The van der Waals surface area contributed by atoms with Crippen LogP contribution in [0.5, 0.6) is 11.5 Å². The Kier molecular flexibility index (Phi) is 12.4. The van der Waals surface area contributed by atoms with Gasteiger partial charge in [0.05, 0.1) is 18.7 Å². The van der Waals surface area contributed by atoms with Gasteiger partial charge in [-0.25, -0.2) is 19.0 Å². The summed E-state index contributed by atoms with van der Waals surface area (Å²) in [5, 5.41) is 8.74. The molecule has 0 spiro atoms. The highest BCUT2D eigenvalue weighted by Crippen LogP contribution is 2.37. The number of hydrogen-bond donors (Lipinski definition) is 2. The van der Waals surface area contributed by atoms with Crippen molar-refractivity contribution in [3.63, 3.8) is 0 Å². The lowest BCUT2D eigenvalue weighted by atomic mass is 9.95. The largest absolute Gasteiger partial charge is 0.466 e. The Bertz CT molecular complexity index is 2240. The zero-order valence-corrected chi connectivity index (χ0v) is 33.7. The number of esters is 1. The van der Waals surface area contributed by atoms with Crippen molar-refractivity contribution in [2.24, 2.45) is 4.99 Å². The second kappa shape index (κ2) is 17.7. The van der Waals surface area contributed by atoms with Gasteiger partial charge in [-0.3, -0.25) is 24.4 Å². The van der Waals surface area contributed by atoms with Crippen LogP contribution in [-0.4, -0.2) is 116 Å². The molecule has 58 heavy (non-hydrogen) atoms. The molecule has 4 aromatic rings. The van der Waals surface area contributed by atoms with E-state index >= 15 is 0 Å². The minimum Gasteiger partial charge on any atom is -0.466 e. The van der Waals surface area contributed by atoms with E-state index in [-0.39, 0.29) is 34.5 Å². The predicted molar refractivity (Wildman–Crippen MR) is 218 cm³/mol. The Morgan fingerprint density at radius 1 is 1.03 bits per heavy atom. The molecule has 17 heteroatoms. The van der Waals surface area contributed by atoms with E-state index in [2.05, 4.69) is 20.5 Å². The van der Waals surface area contributed by atoms with E-state index in [1.165, 1.54) is 41.5 Å². The molecule has 4 heterocycles. The van der Waals surface area contributed by atoms with Crippen LogP contribution in [0.1, 0.15) is 39.8 Å². The lowest BCUT2D eigenvalue weighted by Crippen LogP contribution is -2.53. The molecule has 0 aliphatic carbocycles. The summed E-state index contributed by atoms with van der Waals surface area (Å²) in [7, 11) is 4.71. The quantitative estimate of drug-likeness (QED) is 0.132. The summed E-state index contributed by atoms with van der Waals surface area (Å²) in [4.78, 5) is 67.9. The molecule has 7 rings (SSSR count). The number of fused-ring (bicyclic) bond motifs is 1. The van der Waals surface area contributed by atoms with E-state index in [0.717, 1.165) is 5.69 Å². The maximum absolute atomic E-state index is 14.1. The number of hydrogen-bond acceptors (Lipinski definition) is 11. The van der Waals surface area contributed by atoms with E-state index in [0.29, 0.717) is 91.3 Å². The molecular formula is C41H42ClFN8O6S. The summed E-state index contributed by atoms with van der Waals surface area (Å²) in [6, 6.07) is 17.0. The third kappa shape index (κ3) is 8.98. The van der Waals surface area contributed by atoms with Crippen molar-refractivity contribution in [2.45, 2.75) is 24.9 Å². The number of amidine groups is 1. The molecular weight excluding hydrogens is 787 g/mol. The molecule has 3 aromatic carbocycles. The normalized spacial score (nSPS) is 18.0. The monoisotopic (exact) mass is 828 g/mol. The van der Waals surface area contributed by atoms with Gasteiger partial charge in [-0.15, -0.1) is 11.3 Å². The molecule has 3 aliphatic rings. The summed E-state index contributed by atoms with van der Waals surface area (Å²) in [6.45, 7) is 2.74. The summed E-state index contributed by atoms with van der Waals surface area (Å²) >= 11 is 7.90. The number of aromatic nitrogens is 1. The van der Waals surface area contributed by atoms with Crippen LogP contribution in [0.4, 0.5) is 14.9 Å². The standard InChI is InChI=1S/C41H42ClFN8O6S/c1-48(2)34(52)5-4-16-44-38(53)25-6-11-29(12-7-25)57-30-13-9-27(10-14-30)51-23-28-22-49(18-19-50(28)41(51)55)24-33-35(40(54)56-3)36(31-15-8-26(43)21-32(31)42)47-37(46-33)39-45-17-20-58-39/h6-15,17,20-21,28,36H,4-5,16,18-19,22-24H2,1-3H3,(H,44,53)(H,46,47)/t28-,36?/m0/s1. The molecule has 302 valence electrons. The Hall–Kier alpha value is -5.84. The van der Waals surface area contributed by atoms with Crippen LogP contribution >= 0.6 is 22.9 Å². The third-order valence-corrected chi connectivity index (χ3v) is 11.2. The van der Waals surface area contributed by atoms with E-state index in [1.54, 1.807) is 61.6 Å². The summed E-state index contributed by atoms with van der Waals surface area (Å²) < 4.78 is 25.3. The second-order valence-electron chi connectivity index (χ2n) is 14.1. The van der Waals surface area contributed by atoms with Crippen molar-refractivity contribution in [3.8, 4) is 11.5 Å². The van der Waals surface area contributed by atoms with Crippen molar-refractivity contribution in [2.75, 3.05) is 65.4 Å². The second-order valence-corrected chi connectivity index (χ2v) is 15.4. The number of urea groups is 1. The molecule has 0 saturated carbocycles. The molecule has 3 aliphatic heterocycles. The number of anilines is 1. The number of rotatable bonds is 13. The van der Waals surface area contributed by atoms with Gasteiger partial charge in [0, 0.05) is 98.9 Å². The number of methoxy groups -OCH3 is 1. The highest BCUT2D eigenvalue weighted by molar-refractivity contribution is 7.11. The molecule has 2 N–H and O–H groups in total. The van der Waals surface area contributed by atoms with Crippen molar-refractivity contribution in [1.29, 1.82) is 0 Å². The number of ether oxygens (including phenoxy) is 2. The van der Waals surface area contributed by atoms with Crippen molar-refractivity contribution >= 4 is 58.3 Å². The molecule has 1 aromatic heterocycles. The average molecular weight is 829 g/mol. The van der Waals surface area contributed by atoms with Crippen molar-refractivity contribution < 1.29 is 33.0 Å². The topological polar surface area (TPSA) is 149 Å². The molecule has 1 unspecified atom stereocenters. The first-order valence-corrected chi connectivity index (χ1v) is 19.9. The first kappa shape index (κ1) is 40.4. The fourth-order valence-electron chi connectivity index (χ4n) is 7.09. The lowest BCUT2D eigenvalue weighted by molar-refractivity contribution is -0.136. The van der Waals surface area contributed by atoms with Crippen LogP contribution in [0.25, 0.3) is 0 Å². The Morgan fingerprint density at radius 2 is 1.78 bits per heavy atom. The van der Waals surface area contributed by atoms with Crippen LogP contribution in [-0.2, 0) is 14.3 Å². The van der Waals surface area contributed by atoms with Crippen molar-refractivity contribution in [3.05, 3.63) is 117 Å². The summed E-state index contributed by atoms with van der Waals surface area (Å²) in [5.74, 6) is 0.258. The number of nitrogens with zero attached hydrogens (tertiary/aromatic N) is 6. The SMILES string of the molecule is COC(=O)C1=C(CN2CCN3C(=O)N(c4ccc(Oc5ccc(C(=O)NCCCC(=O)N(C)C)cc5)cc4)C[C@@H]3C2)NC(c2nccs2)=NC1c1ccc(F)cc1Cl. The minimum atomic E-state index is -0.874. The molecule has 0 radical (unpaired) electrons. The fraction of sp³-hybridized carbons (Fsp3) is 0.317. The van der Waals surface area contributed by atoms with Gasteiger partial charge in [0.1, 0.15) is 23.4 Å². The van der Waals surface area contributed by atoms with Gasteiger partial charge in [-0.2, -0.15) is 0 Å². The summed E-state index contributed by atoms with van der Waals surface area (Å²) in [6.07, 6.45) is 2.58. The van der Waals surface area contributed by atoms with Gasteiger partial charge in [-0.1, -0.05) is 17.7 Å². The number of carbonyl (C=O) groups excluding carboxylic acids is 4. The highest BCUT2D eigenvalue weighted by Gasteiger charge is 2.42. The van der Waals surface area contributed by atoms with E-state index in [1.807, 2.05) is 22.4 Å². The minimum absolute atomic E-state index is 0.0164. The van der Waals surface area contributed by atoms with Gasteiger partial charge >= 0.3 is 12.0 Å². The van der Waals surface area contributed by atoms with Crippen LogP contribution in [0.3, 0.4) is 0 Å². The number of halogens is 2. The Balaban J connectivity index is 0.991. The molecule has 0 bridgehead atoms. The van der Waals surface area contributed by atoms with Crippen LogP contribution < -0.4 is 20.3 Å². The van der Waals surface area contributed by atoms with E-state index in [9.17, 15) is 23.6 Å². The highest BCUT2D eigenvalue weighted by atomic mass is 35.5. The Morgan fingerprint density at radius 3 is 2.45 bits per heavy atom. The third-order valence-electron chi connectivity index (χ3n) is 10.1. The van der Waals surface area contributed by atoms with Crippen molar-refractivity contribution in [1.82, 2.24) is 30.3 Å². The number of carbonyl (C=O) groups is 4. The summed E-state index contributed by atoms with van der Waals surface area (Å²) in [5.41, 5.74) is 2.48. The van der Waals surface area contributed by atoms with Gasteiger partial charge < -0.3 is 29.9 Å². The van der Waals surface area contributed by atoms with Crippen LogP contribution in [0.15, 0.2) is 94.6 Å². The fourth-order valence-corrected chi connectivity index (χ4v) is 7.95. The Labute approximate surface area is 343 Å². The number of nitrogens with one attached hydrogen (secondary N) is 2. The number of amides is 4. The van der Waals surface area contributed by atoms with Gasteiger partial charge in [0.25, 0.3) is 5.91 Å². The average Bonchev–Trinajstić information content (AvgIpc) is 3.88. The van der Waals surface area contributed by atoms with Gasteiger partial charge in [0.15, 0.2) is 10.8 Å². The van der Waals surface area contributed by atoms with E-state index < -0.39 is 17.8 Å². The predicted octanol–water partition coefficient (Wildman–Crippen LogP) is 5.47. The molecule has 2 saturated heterocycles. The lowest BCUT2D eigenvalue weighted by Gasteiger charge is -2.38. The van der Waals surface area contributed by atoms with Gasteiger partial charge in [-0.05, 0) is 67.1 Å². The maximum Gasteiger partial charge on any atom is 0.338 e. The van der Waals surface area contributed by atoms with Crippen LogP contribution in [0.2, 0.25) is 5.02 Å². The van der Waals surface area contributed by atoms with Crippen LogP contribution in [0, 0.1) is 5.82 Å². The smallest absolute Gasteiger partial charge is 0.338 e. The number of piperazine rings is 1. The zero-order valence-electron chi connectivity index (χ0n) is 32.1. The maximum atomic E-state index is 14.1. The van der Waals surface area contributed by atoms with E-state index in [4.69, 9.17) is 26.1 Å². The first-order valence-electron chi connectivity index (χ1n) is 18.7. The number of thiazole rings is 1. The first-order chi connectivity index (χ1) is 28.0.